The van der Waals surface area contributed by atoms with Crippen LogP contribution >= 0.6 is 11.6 Å². The number of hydrogen-bond donors (Lipinski definition) is 1. The van der Waals surface area contributed by atoms with Crippen LogP contribution in [-0.2, 0) is 20.7 Å². The first-order chi connectivity index (χ1) is 11.4. The van der Waals surface area contributed by atoms with Crippen LogP contribution in [0.4, 0.5) is 0 Å². The van der Waals surface area contributed by atoms with Gasteiger partial charge < -0.3 is 14.8 Å². The molecule has 0 radical (unpaired) electrons. The molecule has 1 fully saturated rings. The maximum absolute atomic E-state index is 12.6. The average Bonchev–Trinajstić information content (AvgIpc) is 2.55. The highest BCUT2D eigenvalue weighted by molar-refractivity contribution is 6.30. The number of esters is 1. The van der Waals surface area contributed by atoms with E-state index in [1.165, 1.54) is 14.2 Å². The summed E-state index contributed by atoms with van der Waals surface area (Å²) in [5.41, 5.74) is -0.202. The van der Waals surface area contributed by atoms with Gasteiger partial charge in [0.2, 0.25) is 5.91 Å². The molecule has 2 rings (SSSR count). The maximum atomic E-state index is 12.6. The predicted molar refractivity (Wildman–Crippen MR) is 92.2 cm³/mol. The van der Waals surface area contributed by atoms with Gasteiger partial charge in [0.15, 0.2) is 0 Å². The highest BCUT2D eigenvalue weighted by Gasteiger charge is 2.44. The number of carbonyl (C=O) groups excluding carboxylic acids is 2. The summed E-state index contributed by atoms with van der Waals surface area (Å²) >= 11 is 5.94. The van der Waals surface area contributed by atoms with Crippen molar-refractivity contribution in [2.24, 2.45) is 5.92 Å². The zero-order chi connectivity index (χ0) is 17.7. The third-order valence-corrected chi connectivity index (χ3v) is 4.79. The van der Waals surface area contributed by atoms with Crippen molar-refractivity contribution in [2.45, 2.75) is 44.6 Å². The van der Waals surface area contributed by atoms with Crippen molar-refractivity contribution in [1.29, 1.82) is 0 Å². The summed E-state index contributed by atoms with van der Waals surface area (Å²) < 4.78 is 10.2. The third-order valence-electron chi connectivity index (χ3n) is 4.55. The van der Waals surface area contributed by atoms with Gasteiger partial charge in [0.1, 0.15) is 11.3 Å². The summed E-state index contributed by atoms with van der Waals surface area (Å²) in [5.74, 6) is 0.325. The van der Waals surface area contributed by atoms with Crippen molar-refractivity contribution in [1.82, 2.24) is 5.32 Å². The molecule has 1 N–H and O–H groups in total. The molecular formula is C18H24ClNO4. The maximum Gasteiger partial charge on any atom is 0.331 e. The molecule has 5 nitrogen and oxygen atoms in total. The molecule has 1 aliphatic carbocycles. The minimum atomic E-state index is -0.927. The highest BCUT2D eigenvalue weighted by Crippen LogP contribution is 2.33. The van der Waals surface area contributed by atoms with Crippen LogP contribution in [0.25, 0.3) is 0 Å². The Balaban J connectivity index is 2.15. The summed E-state index contributed by atoms with van der Waals surface area (Å²) in [6.45, 7) is 2.09. The summed E-state index contributed by atoms with van der Waals surface area (Å²) in [6, 6.07) is 5.14. The first kappa shape index (κ1) is 18.6. The zero-order valence-electron chi connectivity index (χ0n) is 14.4. The average molecular weight is 354 g/mol. The lowest BCUT2D eigenvalue weighted by atomic mass is 9.76. The lowest BCUT2D eigenvalue weighted by Gasteiger charge is -2.38. The molecule has 6 heteroatoms. The summed E-state index contributed by atoms with van der Waals surface area (Å²) in [5, 5.41) is 3.47. The standard InChI is InChI=1S/C18H24ClNO4/c1-12-5-4-8-18(11-12,17(22)24-3)20-16(21)9-13-6-7-14(19)10-15(13)23-2/h6-7,10,12H,4-5,8-9,11H2,1-3H3,(H,20,21). The first-order valence-electron chi connectivity index (χ1n) is 8.12. The number of benzene rings is 1. The van der Waals surface area contributed by atoms with Crippen LogP contribution in [0.2, 0.25) is 5.02 Å². The van der Waals surface area contributed by atoms with E-state index in [1.54, 1.807) is 18.2 Å². The number of amides is 1. The Kier molecular flexibility index (Phi) is 6.10. The van der Waals surface area contributed by atoms with Gasteiger partial charge in [-0.05, 0) is 30.9 Å². The summed E-state index contributed by atoms with van der Waals surface area (Å²) in [6.07, 6.45) is 3.27. The molecule has 2 atom stereocenters. The van der Waals surface area contributed by atoms with E-state index in [0.717, 1.165) is 18.4 Å². The quantitative estimate of drug-likeness (QED) is 0.826. The van der Waals surface area contributed by atoms with Crippen molar-refractivity contribution in [3.05, 3.63) is 28.8 Å². The topological polar surface area (TPSA) is 64.6 Å². The summed E-state index contributed by atoms with van der Waals surface area (Å²) in [7, 11) is 2.89. The first-order valence-corrected chi connectivity index (χ1v) is 8.50. The van der Waals surface area contributed by atoms with Gasteiger partial charge >= 0.3 is 5.97 Å². The van der Waals surface area contributed by atoms with E-state index in [9.17, 15) is 9.59 Å². The lowest BCUT2D eigenvalue weighted by molar-refractivity contribution is -0.153. The molecule has 0 saturated heterocycles. The van der Waals surface area contributed by atoms with E-state index >= 15 is 0 Å². The van der Waals surface area contributed by atoms with Crippen molar-refractivity contribution in [3.8, 4) is 5.75 Å². The number of ether oxygens (including phenoxy) is 2. The second-order valence-electron chi connectivity index (χ2n) is 6.46. The van der Waals surface area contributed by atoms with E-state index in [0.29, 0.717) is 29.5 Å². The fourth-order valence-electron chi connectivity index (χ4n) is 3.45. The van der Waals surface area contributed by atoms with Gasteiger partial charge in [0.25, 0.3) is 0 Å². The van der Waals surface area contributed by atoms with Crippen LogP contribution in [0.3, 0.4) is 0 Å². The van der Waals surface area contributed by atoms with Crippen LogP contribution in [0.1, 0.15) is 38.2 Å². The van der Waals surface area contributed by atoms with Crippen molar-refractivity contribution in [3.63, 3.8) is 0 Å². The van der Waals surface area contributed by atoms with E-state index in [-0.39, 0.29) is 18.3 Å². The molecule has 1 aromatic rings. The SMILES string of the molecule is COC(=O)C1(NC(=O)Cc2ccc(Cl)cc2OC)CCCC(C)C1. The Morgan fingerprint density at radius 2 is 2.12 bits per heavy atom. The largest absolute Gasteiger partial charge is 0.496 e. The molecule has 24 heavy (non-hydrogen) atoms. The minimum Gasteiger partial charge on any atom is -0.496 e. The third kappa shape index (κ3) is 4.20. The zero-order valence-corrected chi connectivity index (χ0v) is 15.1. The molecule has 1 aromatic carbocycles. The van der Waals surface area contributed by atoms with E-state index < -0.39 is 5.54 Å². The number of halogens is 1. The molecule has 0 bridgehead atoms. The Bertz CT molecular complexity index is 619. The second-order valence-corrected chi connectivity index (χ2v) is 6.89. The molecule has 1 saturated carbocycles. The van der Waals surface area contributed by atoms with Gasteiger partial charge in [-0.3, -0.25) is 4.79 Å². The van der Waals surface area contributed by atoms with Crippen LogP contribution in [0.15, 0.2) is 18.2 Å². The Labute approximate surface area is 147 Å². The highest BCUT2D eigenvalue weighted by atomic mass is 35.5. The molecule has 0 heterocycles. The molecule has 0 aliphatic heterocycles. The van der Waals surface area contributed by atoms with E-state index in [1.807, 2.05) is 0 Å². The van der Waals surface area contributed by atoms with Crippen molar-refractivity contribution >= 4 is 23.5 Å². The summed E-state index contributed by atoms with van der Waals surface area (Å²) in [4.78, 5) is 24.9. The van der Waals surface area contributed by atoms with Crippen LogP contribution < -0.4 is 10.1 Å². The predicted octanol–water partition coefficient (Wildman–Crippen LogP) is 3.13. The fraction of sp³-hybridized carbons (Fsp3) is 0.556. The van der Waals surface area contributed by atoms with Gasteiger partial charge in [-0.25, -0.2) is 4.79 Å². The molecule has 1 amide bonds. The number of nitrogens with one attached hydrogen (secondary N) is 1. The molecule has 132 valence electrons. The van der Waals surface area contributed by atoms with Crippen LogP contribution in [0, 0.1) is 5.92 Å². The van der Waals surface area contributed by atoms with Crippen molar-refractivity contribution in [2.75, 3.05) is 14.2 Å². The fourth-order valence-corrected chi connectivity index (χ4v) is 3.61. The second kappa shape index (κ2) is 7.88. The molecule has 2 unspecified atom stereocenters. The van der Waals surface area contributed by atoms with Crippen LogP contribution in [-0.4, -0.2) is 31.6 Å². The van der Waals surface area contributed by atoms with E-state index in [2.05, 4.69) is 12.2 Å². The Hall–Kier alpha value is -1.75. The Morgan fingerprint density at radius 1 is 1.38 bits per heavy atom. The van der Waals surface area contributed by atoms with Gasteiger partial charge in [0, 0.05) is 10.6 Å². The smallest absolute Gasteiger partial charge is 0.331 e. The molecule has 1 aliphatic rings. The number of hydrogen-bond acceptors (Lipinski definition) is 4. The van der Waals surface area contributed by atoms with E-state index in [4.69, 9.17) is 21.1 Å². The Morgan fingerprint density at radius 3 is 2.75 bits per heavy atom. The van der Waals surface area contributed by atoms with Gasteiger partial charge in [-0.15, -0.1) is 0 Å². The number of methoxy groups -OCH3 is 2. The van der Waals surface area contributed by atoms with Crippen LogP contribution in [0.5, 0.6) is 5.75 Å². The minimum absolute atomic E-state index is 0.119. The molecular weight excluding hydrogens is 330 g/mol. The molecule has 0 aromatic heterocycles. The van der Waals surface area contributed by atoms with Gasteiger partial charge in [-0.2, -0.15) is 0 Å². The number of rotatable bonds is 5. The lowest BCUT2D eigenvalue weighted by Crippen LogP contribution is -2.57. The number of carbonyl (C=O) groups is 2. The van der Waals surface area contributed by atoms with Crippen molar-refractivity contribution < 1.29 is 19.1 Å². The molecule has 0 spiro atoms. The monoisotopic (exact) mass is 353 g/mol. The van der Waals surface area contributed by atoms with Gasteiger partial charge in [0.05, 0.1) is 20.6 Å². The normalized spacial score (nSPS) is 23.4. The van der Waals surface area contributed by atoms with Gasteiger partial charge in [-0.1, -0.05) is 37.4 Å².